The largest absolute Gasteiger partial charge is 0.495 e. The minimum Gasteiger partial charge on any atom is -0.495 e. The minimum atomic E-state index is -4.75. The number of rotatable bonds is 11. The van der Waals surface area contributed by atoms with Crippen LogP contribution < -0.4 is 15.4 Å². The number of methoxy groups -OCH3 is 1. The van der Waals surface area contributed by atoms with E-state index >= 15 is 0 Å². The van der Waals surface area contributed by atoms with Gasteiger partial charge in [0.25, 0.3) is 0 Å². The highest BCUT2D eigenvalue weighted by Gasteiger charge is 2.36. The van der Waals surface area contributed by atoms with Gasteiger partial charge in [0.05, 0.1) is 43.2 Å². The Kier molecular flexibility index (Phi) is 8.81. The molecule has 2 heterocycles. The van der Waals surface area contributed by atoms with Crippen LogP contribution in [0.4, 0.5) is 36.3 Å². The Labute approximate surface area is 235 Å². The Balaban J connectivity index is 1.69. The normalized spacial score (nSPS) is 12.1. The van der Waals surface area contributed by atoms with Gasteiger partial charge in [-0.2, -0.15) is 18.2 Å². The molecule has 0 atom stereocenters. The Morgan fingerprint density at radius 2 is 1.78 bits per heavy atom. The lowest BCUT2D eigenvalue weighted by atomic mass is 10.1. The van der Waals surface area contributed by atoms with E-state index in [0.29, 0.717) is 34.0 Å². The average molecular weight is 594 g/mol. The van der Waals surface area contributed by atoms with E-state index in [1.165, 1.54) is 7.11 Å². The van der Waals surface area contributed by atoms with Crippen molar-refractivity contribution in [2.75, 3.05) is 31.0 Å². The van der Waals surface area contributed by atoms with E-state index in [1.807, 2.05) is 0 Å². The zero-order chi connectivity index (χ0) is 29.9. The molecule has 4 rings (SSSR count). The summed E-state index contributed by atoms with van der Waals surface area (Å²) < 4.78 is 72.4. The first-order valence-electron chi connectivity index (χ1n) is 12.7. The highest BCUT2D eigenvalue weighted by atomic mass is 31.2. The van der Waals surface area contributed by atoms with Gasteiger partial charge < -0.3 is 34.1 Å². The van der Waals surface area contributed by atoms with Gasteiger partial charge in [0.15, 0.2) is 0 Å². The Bertz CT molecular complexity index is 1600. The van der Waals surface area contributed by atoms with Crippen LogP contribution in [0.3, 0.4) is 0 Å². The van der Waals surface area contributed by atoms with Crippen molar-refractivity contribution in [1.29, 1.82) is 0 Å². The van der Waals surface area contributed by atoms with Crippen molar-refractivity contribution < 1.29 is 36.6 Å². The summed E-state index contributed by atoms with van der Waals surface area (Å²) in [6.07, 6.45) is -4.07. The molecule has 2 aromatic carbocycles. The molecule has 0 spiro atoms. The highest BCUT2D eigenvalue weighted by molar-refractivity contribution is 7.53. The van der Waals surface area contributed by atoms with Gasteiger partial charge in [-0.15, -0.1) is 0 Å². The lowest BCUT2D eigenvalue weighted by Gasteiger charge is -2.18. The summed E-state index contributed by atoms with van der Waals surface area (Å²) in [6, 6.07) is 9.90. The number of hydrogen-bond donors (Lipinski definition) is 3. The molecule has 0 radical (unpaired) electrons. The number of aromatic hydroxyl groups is 1. The summed E-state index contributed by atoms with van der Waals surface area (Å²) in [6.45, 7) is 5.67. The standard InChI is InChI=1S/C27H31F3N5O5P/c1-6-39-41(37,40-7-2)15-17-11-12-20(22(13-17)38-5)33-26-31-14-19(27(28,29)30)24(34-26)32-21-10-8-9-18-16(3)35(4)25(36)23(18)21/h8-14,36H,6-7,15H2,1-5H3,(H2,31,32,33,34). The number of aromatic nitrogens is 3. The molecule has 0 fully saturated rings. The molecule has 0 unspecified atom stereocenters. The van der Waals surface area contributed by atoms with Crippen LogP contribution >= 0.6 is 7.60 Å². The summed E-state index contributed by atoms with van der Waals surface area (Å²) in [4.78, 5) is 7.99. The van der Waals surface area contributed by atoms with Crippen molar-refractivity contribution in [3.63, 3.8) is 0 Å². The van der Waals surface area contributed by atoms with Crippen molar-refractivity contribution in [3.05, 3.63) is 59.4 Å². The first-order valence-corrected chi connectivity index (χ1v) is 14.4. The number of anilines is 4. The van der Waals surface area contributed by atoms with Gasteiger partial charge in [-0.05, 0) is 44.5 Å². The van der Waals surface area contributed by atoms with Gasteiger partial charge in [-0.25, -0.2) is 4.98 Å². The molecule has 0 aliphatic carbocycles. The van der Waals surface area contributed by atoms with Crippen molar-refractivity contribution in [3.8, 4) is 11.6 Å². The van der Waals surface area contributed by atoms with E-state index in [0.717, 1.165) is 5.69 Å². The fraction of sp³-hybridized carbons (Fsp3) is 0.333. The second kappa shape index (κ2) is 12.0. The SMILES string of the molecule is CCOP(=O)(Cc1ccc(Nc2ncc(C(F)(F)F)c(Nc3cccc4c(C)n(C)c(O)c34)n2)c(OC)c1)OCC. The van der Waals surface area contributed by atoms with Crippen LogP contribution in [0.2, 0.25) is 0 Å². The van der Waals surface area contributed by atoms with Crippen molar-refractivity contribution in [1.82, 2.24) is 14.5 Å². The molecule has 0 aliphatic rings. The van der Waals surface area contributed by atoms with Crippen LogP contribution in [0.15, 0.2) is 42.6 Å². The maximum atomic E-state index is 13.9. The van der Waals surface area contributed by atoms with Crippen molar-refractivity contribution in [2.45, 2.75) is 33.1 Å². The lowest BCUT2D eigenvalue weighted by Crippen LogP contribution is -2.13. The summed E-state index contributed by atoms with van der Waals surface area (Å²) in [5.41, 5.74) is 0.880. The molecule has 14 heteroatoms. The fourth-order valence-electron chi connectivity index (χ4n) is 4.38. The summed E-state index contributed by atoms with van der Waals surface area (Å²) >= 11 is 0. The monoisotopic (exact) mass is 593 g/mol. The molecule has 0 amide bonds. The van der Waals surface area contributed by atoms with Gasteiger partial charge >= 0.3 is 13.8 Å². The lowest BCUT2D eigenvalue weighted by molar-refractivity contribution is -0.137. The number of fused-ring (bicyclic) bond motifs is 1. The molecular weight excluding hydrogens is 562 g/mol. The second-order valence-electron chi connectivity index (χ2n) is 9.04. The van der Waals surface area contributed by atoms with Crippen molar-refractivity contribution in [2.24, 2.45) is 7.05 Å². The fourth-order valence-corrected chi connectivity index (χ4v) is 6.07. The third-order valence-electron chi connectivity index (χ3n) is 6.39. The highest BCUT2D eigenvalue weighted by Crippen LogP contribution is 2.51. The van der Waals surface area contributed by atoms with E-state index in [2.05, 4.69) is 20.6 Å². The number of halogens is 3. The molecule has 220 valence electrons. The van der Waals surface area contributed by atoms with E-state index in [-0.39, 0.29) is 36.9 Å². The number of benzene rings is 2. The van der Waals surface area contributed by atoms with Crippen LogP contribution in [0.1, 0.15) is 30.7 Å². The van der Waals surface area contributed by atoms with Crippen LogP contribution in [0.25, 0.3) is 10.8 Å². The van der Waals surface area contributed by atoms with E-state index in [1.54, 1.807) is 68.8 Å². The zero-order valence-electron chi connectivity index (χ0n) is 23.2. The summed E-state index contributed by atoms with van der Waals surface area (Å²) in [5, 5.41) is 17.3. The molecule has 3 N–H and O–H groups in total. The van der Waals surface area contributed by atoms with Crippen LogP contribution in [0, 0.1) is 6.92 Å². The zero-order valence-corrected chi connectivity index (χ0v) is 24.1. The van der Waals surface area contributed by atoms with Gasteiger partial charge in [0.2, 0.25) is 11.8 Å². The molecule has 4 aromatic rings. The van der Waals surface area contributed by atoms with Gasteiger partial charge in [-0.1, -0.05) is 18.2 Å². The number of nitrogens with one attached hydrogen (secondary N) is 2. The summed E-state index contributed by atoms with van der Waals surface area (Å²) in [5.74, 6) is -0.422. The van der Waals surface area contributed by atoms with Gasteiger partial charge in [-0.3, -0.25) is 4.57 Å². The van der Waals surface area contributed by atoms with E-state index in [9.17, 15) is 22.8 Å². The van der Waals surface area contributed by atoms with Crippen LogP contribution in [-0.4, -0.2) is 40.0 Å². The summed E-state index contributed by atoms with van der Waals surface area (Å²) in [7, 11) is -0.291. The molecule has 0 saturated carbocycles. The maximum Gasteiger partial charge on any atom is 0.421 e. The maximum absolute atomic E-state index is 13.9. The Morgan fingerprint density at radius 3 is 2.41 bits per heavy atom. The third-order valence-corrected chi connectivity index (χ3v) is 8.44. The number of hydrogen-bond acceptors (Lipinski definition) is 9. The Morgan fingerprint density at radius 1 is 1.07 bits per heavy atom. The van der Waals surface area contributed by atoms with Crippen molar-refractivity contribution >= 4 is 41.5 Å². The first kappa shape index (κ1) is 30.2. The number of nitrogens with zero attached hydrogens (tertiary/aromatic N) is 3. The smallest absolute Gasteiger partial charge is 0.421 e. The third kappa shape index (κ3) is 6.42. The molecule has 0 bridgehead atoms. The number of alkyl halides is 3. The first-order chi connectivity index (χ1) is 19.4. The van der Waals surface area contributed by atoms with Gasteiger partial charge in [0.1, 0.15) is 17.1 Å². The average Bonchev–Trinajstić information content (AvgIpc) is 3.13. The van der Waals surface area contributed by atoms with Crippen LogP contribution in [-0.2, 0) is 33.0 Å². The predicted molar refractivity (Wildman–Crippen MR) is 150 cm³/mol. The molecule has 10 nitrogen and oxygen atoms in total. The van der Waals surface area contributed by atoms with E-state index in [4.69, 9.17) is 13.8 Å². The Hall–Kier alpha value is -3.80. The molecular formula is C27H31F3N5O5P. The van der Waals surface area contributed by atoms with E-state index < -0.39 is 25.2 Å². The molecule has 0 aliphatic heterocycles. The molecule has 2 aromatic heterocycles. The molecule has 0 saturated heterocycles. The number of ether oxygens (including phenoxy) is 1. The second-order valence-corrected chi connectivity index (χ2v) is 11.1. The number of aryl methyl sites for hydroxylation is 1. The topological polar surface area (TPSA) is 120 Å². The van der Waals surface area contributed by atoms with Crippen LogP contribution in [0.5, 0.6) is 11.6 Å². The minimum absolute atomic E-state index is 0.00746. The molecule has 41 heavy (non-hydrogen) atoms. The van der Waals surface area contributed by atoms with Gasteiger partial charge in [0, 0.05) is 24.3 Å². The predicted octanol–water partition coefficient (Wildman–Crippen LogP) is 7.26. The quantitative estimate of drug-likeness (QED) is 0.154.